The molecule has 2 heterocycles. The number of carbonyl (C=O) groups excluding carboxylic acids is 1. The smallest absolute Gasteiger partial charge is 0.254 e. The zero-order valence-electron chi connectivity index (χ0n) is 19.6. The van der Waals surface area contributed by atoms with Gasteiger partial charge < -0.3 is 19.9 Å². The Kier molecular flexibility index (Phi) is 7.07. The topological polar surface area (TPSA) is 70.4 Å². The predicted octanol–water partition coefficient (Wildman–Crippen LogP) is 4.07. The number of imidazole rings is 1. The summed E-state index contributed by atoms with van der Waals surface area (Å²) >= 11 is 0. The average Bonchev–Trinajstić information content (AvgIpc) is 3.26. The normalized spacial score (nSPS) is 23.4. The molecule has 3 aromatic rings. The van der Waals surface area contributed by atoms with Crippen molar-refractivity contribution in [2.75, 3.05) is 19.6 Å². The summed E-state index contributed by atoms with van der Waals surface area (Å²) in [4.78, 5) is 20.1. The Morgan fingerprint density at radius 1 is 1.03 bits per heavy atom. The third-order valence-electron chi connectivity index (χ3n) is 7.29. The summed E-state index contributed by atoms with van der Waals surface area (Å²) in [7, 11) is 0. The van der Waals surface area contributed by atoms with E-state index in [1.807, 2.05) is 41.4 Å². The fourth-order valence-corrected chi connectivity index (χ4v) is 5.42. The molecule has 6 nitrogen and oxygen atoms in total. The lowest BCUT2D eigenvalue weighted by Gasteiger charge is -2.36. The van der Waals surface area contributed by atoms with E-state index in [0.29, 0.717) is 12.1 Å². The lowest BCUT2D eigenvalue weighted by Crippen LogP contribution is -2.54. The second kappa shape index (κ2) is 10.5. The van der Waals surface area contributed by atoms with E-state index in [4.69, 9.17) is 0 Å². The summed E-state index contributed by atoms with van der Waals surface area (Å²) in [6.07, 6.45) is 9.47. The number of carbonyl (C=O) groups is 1. The maximum absolute atomic E-state index is 13.4. The standard InChI is InChI=1S/C28H34N4O2/c33-26-10-6-2-5-9-25(26)32-18-16-30-27(32)22-11-13-23(14-12-22)28(34)31-17-15-29-20-24(31)19-21-7-3-1-4-8-21/h1,3-4,7-8,11-14,16,18,24-26,29,33H,2,5-6,9-10,15,17,19-20H2. The number of nitrogens with one attached hydrogen (secondary N) is 1. The number of hydrogen-bond acceptors (Lipinski definition) is 4. The van der Waals surface area contributed by atoms with E-state index in [0.717, 1.165) is 56.6 Å². The van der Waals surface area contributed by atoms with Crippen LogP contribution in [0, 0.1) is 0 Å². The molecule has 1 amide bonds. The number of hydrogen-bond donors (Lipinski definition) is 2. The third kappa shape index (κ3) is 4.93. The van der Waals surface area contributed by atoms with Gasteiger partial charge in [-0.05, 0) is 37.0 Å². The molecule has 1 aliphatic carbocycles. The van der Waals surface area contributed by atoms with Crippen LogP contribution in [0.1, 0.15) is 54.1 Å². The molecule has 5 rings (SSSR count). The number of aliphatic hydroxyl groups is 1. The first-order chi connectivity index (χ1) is 16.7. The van der Waals surface area contributed by atoms with Gasteiger partial charge in [-0.3, -0.25) is 4.79 Å². The molecule has 178 valence electrons. The van der Waals surface area contributed by atoms with Crippen LogP contribution in [-0.4, -0.2) is 57.2 Å². The van der Waals surface area contributed by atoms with Gasteiger partial charge in [0, 0.05) is 49.2 Å². The van der Waals surface area contributed by atoms with Gasteiger partial charge in [-0.15, -0.1) is 0 Å². The Balaban J connectivity index is 1.33. The Morgan fingerprint density at radius 3 is 2.65 bits per heavy atom. The van der Waals surface area contributed by atoms with Crippen LogP contribution in [-0.2, 0) is 6.42 Å². The molecule has 2 N–H and O–H groups in total. The summed E-state index contributed by atoms with van der Waals surface area (Å²) in [5.41, 5.74) is 2.92. The number of piperazine rings is 1. The summed E-state index contributed by atoms with van der Waals surface area (Å²) in [5, 5.41) is 14.1. The average molecular weight is 459 g/mol. The van der Waals surface area contributed by atoms with E-state index >= 15 is 0 Å². The molecule has 3 atom stereocenters. The zero-order chi connectivity index (χ0) is 23.3. The van der Waals surface area contributed by atoms with Crippen LogP contribution < -0.4 is 5.32 Å². The lowest BCUT2D eigenvalue weighted by atomic mass is 10.0. The van der Waals surface area contributed by atoms with Crippen molar-refractivity contribution in [1.82, 2.24) is 19.8 Å². The van der Waals surface area contributed by atoms with Gasteiger partial charge in [0.15, 0.2) is 0 Å². The van der Waals surface area contributed by atoms with E-state index in [-0.39, 0.29) is 24.1 Å². The van der Waals surface area contributed by atoms with Crippen LogP contribution in [0.2, 0.25) is 0 Å². The Morgan fingerprint density at radius 2 is 1.82 bits per heavy atom. The van der Waals surface area contributed by atoms with Crippen LogP contribution in [0.15, 0.2) is 67.0 Å². The highest BCUT2D eigenvalue weighted by atomic mass is 16.3. The Labute approximate surface area is 201 Å². The molecule has 0 spiro atoms. The second-order valence-corrected chi connectivity index (χ2v) is 9.55. The molecule has 2 fully saturated rings. The molecule has 1 saturated heterocycles. The maximum atomic E-state index is 13.4. The van der Waals surface area contributed by atoms with Crippen molar-refractivity contribution in [2.45, 2.75) is 56.7 Å². The molecule has 34 heavy (non-hydrogen) atoms. The van der Waals surface area contributed by atoms with Gasteiger partial charge in [0.2, 0.25) is 0 Å². The van der Waals surface area contributed by atoms with Crippen molar-refractivity contribution in [1.29, 1.82) is 0 Å². The van der Waals surface area contributed by atoms with Gasteiger partial charge in [-0.2, -0.15) is 0 Å². The van der Waals surface area contributed by atoms with Crippen LogP contribution in [0.4, 0.5) is 0 Å². The summed E-state index contributed by atoms with van der Waals surface area (Å²) < 4.78 is 2.12. The minimum absolute atomic E-state index is 0.0564. The van der Waals surface area contributed by atoms with Crippen molar-refractivity contribution in [3.8, 4) is 11.4 Å². The molecule has 6 heteroatoms. The zero-order valence-corrected chi connectivity index (χ0v) is 19.6. The lowest BCUT2D eigenvalue weighted by molar-refractivity contribution is 0.0636. The highest BCUT2D eigenvalue weighted by Crippen LogP contribution is 2.31. The van der Waals surface area contributed by atoms with Crippen molar-refractivity contribution in [2.24, 2.45) is 0 Å². The van der Waals surface area contributed by atoms with Gasteiger partial charge in [-0.1, -0.05) is 61.7 Å². The van der Waals surface area contributed by atoms with E-state index < -0.39 is 0 Å². The molecule has 3 unspecified atom stereocenters. The largest absolute Gasteiger partial charge is 0.391 e. The molecule has 0 bridgehead atoms. The van der Waals surface area contributed by atoms with Gasteiger partial charge in [-0.25, -0.2) is 4.98 Å². The molecule has 2 aliphatic rings. The fourth-order valence-electron chi connectivity index (χ4n) is 5.42. The number of amides is 1. The van der Waals surface area contributed by atoms with E-state index in [2.05, 4.69) is 39.1 Å². The first-order valence-electron chi connectivity index (χ1n) is 12.6. The molecule has 2 aromatic carbocycles. The predicted molar refractivity (Wildman–Crippen MR) is 134 cm³/mol. The molecule has 1 saturated carbocycles. The summed E-state index contributed by atoms with van der Waals surface area (Å²) in [6.45, 7) is 2.33. The second-order valence-electron chi connectivity index (χ2n) is 9.55. The van der Waals surface area contributed by atoms with Crippen molar-refractivity contribution in [3.63, 3.8) is 0 Å². The minimum atomic E-state index is -0.342. The van der Waals surface area contributed by atoms with E-state index in [9.17, 15) is 9.90 Å². The first-order valence-corrected chi connectivity index (χ1v) is 12.6. The van der Waals surface area contributed by atoms with Crippen molar-refractivity contribution in [3.05, 3.63) is 78.1 Å². The summed E-state index contributed by atoms with van der Waals surface area (Å²) in [6, 6.07) is 18.4. The Hall–Kier alpha value is -2.96. The fraction of sp³-hybridized carbons (Fsp3) is 0.429. The number of nitrogens with zero attached hydrogens (tertiary/aromatic N) is 3. The minimum Gasteiger partial charge on any atom is -0.391 e. The maximum Gasteiger partial charge on any atom is 0.254 e. The third-order valence-corrected chi connectivity index (χ3v) is 7.29. The van der Waals surface area contributed by atoms with Crippen LogP contribution in [0.5, 0.6) is 0 Å². The van der Waals surface area contributed by atoms with Gasteiger partial charge in [0.1, 0.15) is 5.82 Å². The quantitative estimate of drug-likeness (QED) is 0.566. The number of benzene rings is 2. The highest BCUT2D eigenvalue weighted by Gasteiger charge is 2.28. The molecular formula is C28H34N4O2. The van der Waals surface area contributed by atoms with Crippen LogP contribution >= 0.6 is 0 Å². The van der Waals surface area contributed by atoms with Crippen LogP contribution in [0.3, 0.4) is 0 Å². The number of aliphatic hydroxyl groups excluding tert-OH is 1. The van der Waals surface area contributed by atoms with Crippen LogP contribution in [0.25, 0.3) is 11.4 Å². The summed E-state index contributed by atoms with van der Waals surface area (Å²) in [5.74, 6) is 0.936. The SMILES string of the molecule is O=C(c1ccc(-c2nccn2C2CCCCCC2O)cc1)N1CCNCC1Cc1ccccc1. The number of rotatable bonds is 5. The van der Waals surface area contributed by atoms with Crippen molar-refractivity contribution >= 4 is 5.91 Å². The molecule has 1 aromatic heterocycles. The monoisotopic (exact) mass is 458 g/mol. The Bertz CT molecular complexity index is 1080. The number of aromatic nitrogens is 2. The molecule has 1 aliphatic heterocycles. The molecule has 0 radical (unpaired) electrons. The van der Waals surface area contributed by atoms with Gasteiger partial charge >= 0.3 is 0 Å². The van der Waals surface area contributed by atoms with Gasteiger partial charge in [0.25, 0.3) is 5.91 Å². The highest BCUT2D eigenvalue weighted by molar-refractivity contribution is 5.95. The molecular weight excluding hydrogens is 424 g/mol. The van der Waals surface area contributed by atoms with Crippen molar-refractivity contribution < 1.29 is 9.90 Å². The first kappa shape index (κ1) is 22.8. The van der Waals surface area contributed by atoms with Gasteiger partial charge in [0.05, 0.1) is 12.1 Å². The van der Waals surface area contributed by atoms with E-state index in [1.165, 1.54) is 12.0 Å². The van der Waals surface area contributed by atoms with E-state index in [1.54, 1.807) is 6.20 Å².